The number of hydrogen-bond donors (Lipinski definition) is 0. The molecule has 0 radical (unpaired) electrons. The van der Waals surface area contributed by atoms with Crippen molar-refractivity contribution in [2.45, 2.75) is 18.0 Å². The Morgan fingerprint density at radius 3 is 2.88 bits per heavy atom. The highest BCUT2D eigenvalue weighted by Gasteiger charge is 2.13. The van der Waals surface area contributed by atoms with Gasteiger partial charge in [-0.25, -0.2) is 4.98 Å². The van der Waals surface area contributed by atoms with Gasteiger partial charge in [0.05, 0.1) is 29.8 Å². The minimum Gasteiger partial charge on any atom is -0.497 e. The van der Waals surface area contributed by atoms with Crippen molar-refractivity contribution >= 4 is 22.7 Å². The molecule has 3 rings (SSSR count). The van der Waals surface area contributed by atoms with E-state index in [1.54, 1.807) is 17.7 Å². The first kappa shape index (κ1) is 17.1. The average molecular weight is 351 g/mol. The van der Waals surface area contributed by atoms with Gasteiger partial charge < -0.3 is 4.74 Å². The van der Waals surface area contributed by atoms with Crippen molar-refractivity contribution in [1.29, 1.82) is 5.26 Å². The highest BCUT2D eigenvalue weighted by Crippen LogP contribution is 2.24. The largest absolute Gasteiger partial charge is 0.497 e. The van der Waals surface area contributed by atoms with E-state index in [9.17, 15) is 4.79 Å². The maximum atomic E-state index is 13.1. The lowest BCUT2D eigenvalue weighted by Crippen LogP contribution is -2.21. The molecule has 0 saturated heterocycles. The van der Waals surface area contributed by atoms with Crippen molar-refractivity contribution in [3.8, 4) is 17.5 Å². The number of benzene rings is 2. The van der Waals surface area contributed by atoms with Gasteiger partial charge in [-0.15, -0.1) is 0 Å². The summed E-state index contributed by atoms with van der Waals surface area (Å²) in [5.41, 5.74) is 1.28. The van der Waals surface area contributed by atoms with Crippen LogP contribution in [0.5, 0.6) is 5.75 Å². The van der Waals surface area contributed by atoms with Gasteiger partial charge in [0.15, 0.2) is 5.16 Å². The average Bonchev–Trinajstić information content (AvgIpc) is 2.65. The van der Waals surface area contributed by atoms with Crippen LogP contribution >= 0.6 is 11.8 Å². The number of thioether (sulfide) groups is 1. The highest BCUT2D eigenvalue weighted by molar-refractivity contribution is 7.99. The Hall–Kier alpha value is -2.78. The Morgan fingerprint density at radius 1 is 1.24 bits per heavy atom. The summed E-state index contributed by atoms with van der Waals surface area (Å²) in [7, 11) is 1.60. The number of methoxy groups -OCH3 is 1. The molecule has 25 heavy (non-hydrogen) atoms. The lowest BCUT2D eigenvalue weighted by Gasteiger charge is -2.13. The summed E-state index contributed by atoms with van der Waals surface area (Å²) in [6.07, 6.45) is 1.24. The lowest BCUT2D eigenvalue weighted by molar-refractivity contribution is 0.414. The molecule has 0 aliphatic carbocycles. The molecule has 2 aromatic carbocycles. The number of hydrogen-bond acceptors (Lipinski definition) is 5. The Bertz CT molecular complexity index is 992. The van der Waals surface area contributed by atoms with Gasteiger partial charge >= 0.3 is 0 Å². The third kappa shape index (κ3) is 3.67. The number of rotatable bonds is 6. The smallest absolute Gasteiger partial charge is 0.266 e. The topological polar surface area (TPSA) is 67.9 Å². The molecule has 0 amide bonds. The summed E-state index contributed by atoms with van der Waals surface area (Å²) < 4.78 is 6.89. The van der Waals surface area contributed by atoms with E-state index >= 15 is 0 Å². The van der Waals surface area contributed by atoms with E-state index in [-0.39, 0.29) is 5.56 Å². The molecule has 6 heteroatoms. The SMILES string of the molecule is COc1cccc(-n2c(SCCCC#N)nc3ccccc3c2=O)c1. The van der Waals surface area contributed by atoms with Gasteiger partial charge in [0.2, 0.25) is 0 Å². The van der Waals surface area contributed by atoms with Crippen molar-refractivity contribution in [3.05, 3.63) is 58.9 Å². The zero-order valence-electron chi connectivity index (χ0n) is 13.8. The maximum absolute atomic E-state index is 13.1. The summed E-state index contributed by atoms with van der Waals surface area (Å²) in [5, 5.41) is 9.89. The molecule has 1 aromatic heterocycles. The minimum atomic E-state index is -0.110. The second-order valence-corrected chi connectivity index (χ2v) is 6.43. The van der Waals surface area contributed by atoms with E-state index in [1.165, 1.54) is 11.8 Å². The first-order chi connectivity index (χ1) is 12.2. The van der Waals surface area contributed by atoms with Crippen LogP contribution in [-0.2, 0) is 0 Å². The molecular weight excluding hydrogens is 334 g/mol. The standard InChI is InChI=1S/C19H17N3O2S/c1-24-15-8-6-7-14(13-15)22-18(23)16-9-2-3-10-17(16)21-19(22)25-12-5-4-11-20/h2-3,6-10,13H,4-5,12H2,1H3. The van der Waals surface area contributed by atoms with Crippen molar-refractivity contribution in [2.24, 2.45) is 0 Å². The molecule has 0 unspecified atom stereocenters. The molecule has 0 aliphatic heterocycles. The van der Waals surface area contributed by atoms with Crippen LogP contribution < -0.4 is 10.3 Å². The molecule has 3 aromatic rings. The number of aromatic nitrogens is 2. The number of nitrogens with zero attached hydrogens (tertiary/aromatic N) is 3. The Kier molecular flexibility index (Phi) is 5.36. The molecule has 0 saturated carbocycles. The molecule has 1 heterocycles. The van der Waals surface area contributed by atoms with Gasteiger partial charge in [-0.3, -0.25) is 9.36 Å². The van der Waals surface area contributed by atoms with Gasteiger partial charge in [-0.05, 0) is 30.7 Å². The summed E-state index contributed by atoms with van der Waals surface area (Å²) in [5.74, 6) is 1.40. The second-order valence-electron chi connectivity index (χ2n) is 5.36. The Labute approximate surface area is 149 Å². The zero-order chi connectivity index (χ0) is 17.6. The van der Waals surface area contributed by atoms with Crippen LogP contribution in [0.3, 0.4) is 0 Å². The number of ether oxygens (including phenoxy) is 1. The molecule has 0 atom stereocenters. The third-order valence-electron chi connectivity index (χ3n) is 3.72. The number of unbranched alkanes of at least 4 members (excludes halogenated alkanes) is 1. The normalized spacial score (nSPS) is 10.6. The minimum absolute atomic E-state index is 0.110. The maximum Gasteiger partial charge on any atom is 0.266 e. The molecule has 126 valence electrons. The Morgan fingerprint density at radius 2 is 2.08 bits per heavy atom. The van der Waals surface area contributed by atoms with Crippen molar-refractivity contribution < 1.29 is 4.74 Å². The van der Waals surface area contributed by atoms with Crippen LogP contribution in [-0.4, -0.2) is 22.4 Å². The summed E-state index contributed by atoms with van der Waals surface area (Å²) in [6, 6.07) is 16.8. The van der Waals surface area contributed by atoms with Gasteiger partial charge in [-0.1, -0.05) is 30.0 Å². The molecular formula is C19H17N3O2S. The fraction of sp³-hybridized carbons (Fsp3) is 0.211. The highest BCUT2D eigenvalue weighted by atomic mass is 32.2. The third-order valence-corrected chi connectivity index (χ3v) is 4.75. The predicted octanol–water partition coefficient (Wildman–Crippen LogP) is 3.79. The van der Waals surface area contributed by atoms with E-state index in [2.05, 4.69) is 11.1 Å². The fourth-order valence-corrected chi connectivity index (χ4v) is 3.45. The lowest BCUT2D eigenvalue weighted by atomic mass is 10.2. The van der Waals surface area contributed by atoms with E-state index in [1.807, 2.05) is 42.5 Å². The van der Waals surface area contributed by atoms with E-state index in [4.69, 9.17) is 10.00 Å². The molecule has 5 nitrogen and oxygen atoms in total. The van der Waals surface area contributed by atoms with Crippen LogP contribution in [0, 0.1) is 11.3 Å². The quantitative estimate of drug-likeness (QED) is 0.384. The Balaban J connectivity index is 2.14. The summed E-state index contributed by atoms with van der Waals surface area (Å²) in [6.45, 7) is 0. The van der Waals surface area contributed by atoms with Gasteiger partial charge in [0, 0.05) is 18.2 Å². The van der Waals surface area contributed by atoms with E-state index in [0.29, 0.717) is 33.9 Å². The monoisotopic (exact) mass is 351 g/mol. The zero-order valence-corrected chi connectivity index (χ0v) is 14.6. The number of para-hydroxylation sites is 1. The number of nitriles is 1. The van der Waals surface area contributed by atoms with Crippen molar-refractivity contribution in [2.75, 3.05) is 12.9 Å². The number of fused-ring (bicyclic) bond motifs is 1. The van der Waals surface area contributed by atoms with Gasteiger partial charge in [0.25, 0.3) is 5.56 Å². The molecule has 0 spiro atoms. The van der Waals surface area contributed by atoms with Gasteiger partial charge in [0.1, 0.15) is 5.75 Å². The molecule has 0 N–H and O–H groups in total. The fourth-order valence-electron chi connectivity index (χ4n) is 2.50. The van der Waals surface area contributed by atoms with Crippen LogP contribution in [0.15, 0.2) is 58.5 Å². The first-order valence-corrected chi connectivity index (χ1v) is 8.89. The van der Waals surface area contributed by atoms with E-state index < -0.39 is 0 Å². The predicted molar refractivity (Wildman–Crippen MR) is 99.5 cm³/mol. The second kappa shape index (κ2) is 7.86. The van der Waals surface area contributed by atoms with Crippen LogP contribution in [0.2, 0.25) is 0 Å². The summed E-state index contributed by atoms with van der Waals surface area (Å²) >= 11 is 1.48. The van der Waals surface area contributed by atoms with Crippen molar-refractivity contribution in [3.63, 3.8) is 0 Å². The van der Waals surface area contributed by atoms with E-state index in [0.717, 1.165) is 12.2 Å². The molecule has 0 aliphatic rings. The summed E-state index contributed by atoms with van der Waals surface area (Å²) in [4.78, 5) is 17.7. The van der Waals surface area contributed by atoms with Crippen LogP contribution in [0.25, 0.3) is 16.6 Å². The first-order valence-electron chi connectivity index (χ1n) is 7.90. The van der Waals surface area contributed by atoms with Crippen LogP contribution in [0.1, 0.15) is 12.8 Å². The van der Waals surface area contributed by atoms with Gasteiger partial charge in [-0.2, -0.15) is 5.26 Å². The molecule has 0 fully saturated rings. The molecule has 0 bridgehead atoms. The van der Waals surface area contributed by atoms with Crippen molar-refractivity contribution in [1.82, 2.24) is 9.55 Å². The van der Waals surface area contributed by atoms with Crippen LogP contribution in [0.4, 0.5) is 0 Å².